The van der Waals surface area contributed by atoms with Gasteiger partial charge in [-0.25, -0.2) is 0 Å². The van der Waals surface area contributed by atoms with Crippen molar-refractivity contribution in [2.45, 2.75) is 20.3 Å². The minimum Gasteiger partial charge on any atom is -0.396 e. The molecule has 0 amide bonds. The average molecular weight is 201 g/mol. The highest BCUT2D eigenvalue weighted by Gasteiger charge is 2.06. The van der Waals surface area contributed by atoms with Crippen LogP contribution in [-0.4, -0.2) is 16.7 Å². The van der Waals surface area contributed by atoms with E-state index in [2.05, 4.69) is 31.0 Å². The van der Waals surface area contributed by atoms with Crippen molar-refractivity contribution in [1.29, 1.82) is 0 Å². The minimum atomic E-state index is 0.187. The van der Waals surface area contributed by atoms with Crippen LogP contribution in [0.25, 0.3) is 10.9 Å². The maximum Gasteiger partial charge on any atom is 0.0736 e. The molecule has 0 aliphatic heterocycles. The highest BCUT2D eigenvalue weighted by Crippen LogP contribution is 2.23. The first-order valence-corrected chi connectivity index (χ1v) is 5.18. The van der Waals surface area contributed by atoms with Gasteiger partial charge in [0.2, 0.25) is 0 Å². The number of hydrogen-bond acceptors (Lipinski definition) is 2. The monoisotopic (exact) mass is 201 g/mol. The summed E-state index contributed by atoms with van der Waals surface area (Å²) in [5, 5.41) is 10.2. The first kappa shape index (κ1) is 10.1. The van der Waals surface area contributed by atoms with Crippen LogP contribution in [0.3, 0.4) is 0 Å². The maximum absolute atomic E-state index is 9.02. The Hall–Kier alpha value is -1.41. The quantitative estimate of drug-likeness (QED) is 0.809. The van der Waals surface area contributed by atoms with Crippen molar-refractivity contribution in [3.8, 4) is 0 Å². The van der Waals surface area contributed by atoms with Crippen molar-refractivity contribution >= 4 is 10.9 Å². The van der Waals surface area contributed by atoms with E-state index in [-0.39, 0.29) is 6.61 Å². The molecule has 2 heteroatoms. The van der Waals surface area contributed by atoms with Crippen LogP contribution >= 0.6 is 0 Å². The molecule has 0 bridgehead atoms. The summed E-state index contributed by atoms with van der Waals surface area (Å²) in [6.45, 7) is 4.34. The molecule has 1 N–H and O–H groups in total. The smallest absolute Gasteiger partial charge is 0.0736 e. The van der Waals surface area contributed by atoms with Gasteiger partial charge in [-0.1, -0.05) is 12.1 Å². The fourth-order valence-corrected chi connectivity index (χ4v) is 1.98. The number of aromatic nitrogens is 1. The number of nitrogens with zero attached hydrogens (tertiary/aromatic N) is 1. The van der Waals surface area contributed by atoms with Crippen molar-refractivity contribution in [2.24, 2.45) is 0 Å². The van der Waals surface area contributed by atoms with Crippen LogP contribution in [0.2, 0.25) is 0 Å². The Kier molecular flexibility index (Phi) is 2.69. The van der Waals surface area contributed by atoms with Gasteiger partial charge in [-0.2, -0.15) is 0 Å². The summed E-state index contributed by atoms with van der Waals surface area (Å²) in [5.74, 6) is 0. The van der Waals surface area contributed by atoms with Crippen LogP contribution in [0.15, 0.2) is 24.4 Å². The van der Waals surface area contributed by atoms with Gasteiger partial charge in [-0.05, 0) is 43.0 Å². The lowest BCUT2D eigenvalue weighted by Crippen LogP contribution is -1.96. The molecule has 0 radical (unpaired) electrons. The van der Waals surface area contributed by atoms with Gasteiger partial charge < -0.3 is 5.11 Å². The fourth-order valence-electron chi connectivity index (χ4n) is 1.98. The Morgan fingerprint density at radius 2 is 1.87 bits per heavy atom. The Labute approximate surface area is 89.6 Å². The van der Waals surface area contributed by atoms with Crippen LogP contribution in [0.4, 0.5) is 0 Å². The second kappa shape index (κ2) is 3.99. The molecular formula is C13H15NO. The molecule has 2 nitrogen and oxygen atoms in total. The first-order valence-electron chi connectivity index (χ1n) is 5.18. The summed E-state index contributed by atoms with van der Waals surface area (Å²) in [5.41, 5.74) is 4.66. The van der Waals surface area contributed by atoms with Gasteiger partial charge in [0, 0.05) is 18.2 Å². The lowest BCUT2D eigenvalue weighted by Gasteiger charge is -2.09. The van der Waals surface area contributed by atoms with E-state index < -0.39 is 0 Å². The molecule has 0 atom stereocenters. The molecule has 1 aromatic heterocycles. The van der Waals surface area contributed by atoms with E-state index in [1.54, 1.807) is 0 Å². The van der Waals surface area contributed by atoms with Crippen LogP contribution in [0.5, 0.6) is 0 Å². The summed E-state index contributed by atoms with van der Waals surface area (Å²) in [7, 11) is 0. The number of aliphatic hydroxyl groups is 1. The van der Waals surface area contributed by atoms with E-state index in [1.807, 2.05) is 12.3 Å². The molecule has 1 aromatic carbocycles. The van der Waals surface area contributed by atoms with E-state index in [4.69, 9.17) is 5.11 Å². The predicted octanol–water partition coefficient (Wildman–Crippen LogP) is 2.39. The largest absolute Gasteiger partial charge is 0.396 e. The van der Waals surface area contributed by atoms with Crippen LogP contribution < -0.4 is 0 Å². The van der Waals surface area contributed by atoms with Crippen molar-refractivity contribution < 1.29 is 5.11 Å². The topological polar surface area (TPSA) is 33.1 Å². The van der Waals surface area contributed by atoms with Crippen LogP contribution in [0, 0.1) is 13.8 Å². The Morgan fingerprint density at radius 1 is 1.13 bits per heavy atom. The lowest BCUT2D eigenvalue weighted by molar-refractivity contribution is 0.300. The molecule has 1 heterocycles. The number of pyridine rings is 1. The third-order valence-electron chi connectivity index (χ3n) is 2.77. The Balaban J connectivity index is 2.78. The summed E-state index contributed by atoms with van der Waals surface area (Å²) in [6.07, 6.45) is 2.52. The summed E-state index contributed by atoms with van der Waals surface area (Å²) >= 11 is 0. The van der Waals surface area contributed by atoms with Crippen molar-refractivity contribution in [1.82, 2.24) is 4.98 Å². The predicted molar refractivity (Wildman–Crippen MR) is 62.0 cm³/mol. The lowest BCUT2D eigenvalue weighted by atomic mass is 9.99. The zero-order chi connectivity index (χ0) is 10.8. The third kappa shape index (κ3) is 1.73. The van der Waals surface area contributed by atoms with E-state index in [0.29, 0.717) is 6.42 Å². The molecule has 15 heavy (non-hydrogen) atoms. The van der Waals surface area contributed by atoms with E-state index in [1.165, 1.54) is 22.1 Å². The van der Waals surface area contributed by atoms with Crippen LogP contribution in [0.1, 0.15) is 16.7 Å². The van der Waals surface area contributed by atoms with Crippen molar-refractivity contribution in [3.05, 3.63) is 41.1 Å². The minimum absolute atomic E-state index is 0.187. The average Bonchev–Trinajstić information content (AvgIpc) is 2.24. The van der Waals surface area contributed by atoms with E-state index >= 15 is 0 Å². The molecule has 0 saturated carbocycles. The Bertz CT molecular complexity index is 491. The molecule has 0 saturated heterocycles. The molecule has 0 fully saturated rings. The summed E-state index contributed by atoms with van der Waals surface area (Å²) in [4.78, 5) is 4.40. The standard InChI is InChI=1S/C13H15NO/c1-9-3-4-10(2)13-12(9)11(6-8-15)5-7-14-13/h3-5,7,15H,6,8H2,1-2H3. The highest BCUT2D eigenvalue weighted by atomic mass is 16.2. The number of fused-ring (bicyclic) bond motifs is 1. The van der Waals surface area contributed by atoms with E-state index in [9.17, 15) is 0 Å². The van der Waals surface area contributed by atoms with Gasteiger partial charge in [0.15, 0.2) is 0 Å². The van der Waals surface area contributed by atoms with Gasteiger partial charge >= 0.3 is 0 Å². The molecular weight excluding hydrogens is 186 g/mol. The number of aryl methyl sites for hydroxylation is 2. The molecule has 78 valence electrons. The molecule has 2 aromatic rings. The number of benzene rings is 1. The second-order valence-corrected chi connectivity index (χ2v) is 3.87. The van der Waals surface area contributed by atoms with Gasteiger partial charge in [0.1, 0.15) is 0 Å². The molecule has 0 aliphatic carbocycles. The normalized spacial score (nSPS) is 10.9. The van der Waals surface area contributed by atoms with Crippen molar-refractivity contribution in [3.63, 3.8) is 0 Å². The van der Waals surface area contributed by atoms with Gasteiger partial charge in [0.25, 0.3) is 0 Å². The number of rotatable bonds is 2. The van der Waals surface area contributed by atoms with Gasteiger partial charge in [-0.15, -0.1) is 0 Å². The molecule has 2 rings (SSSR count). The first-order chi connectivity index (χ1) is 7.24. The maximum atomic E-state index is 9.02. The molecule has 0 aliphatic rings. The SMILES string of the molecule is Cc1ccc(C)c2c(CCO)ccnc12. The Morgan fingerprint density at radius 3 is 2.60 bits per heavy atom. The van der Waals surface area contributed by atoms with Gasteiger partial charge in [-0.3, -0.25) is 4.98 Å². The number of hydrogen-bond donors (Lipinski definition) is 1. The zero-order valence-corrected chi connectivity index (χ0v) is 9.12. The third-order valence-corrected chi connectivity index (χ3v) is 2.77. The molecule has 0 unspecified atom stereocenters. The van der Waals surface area contributed by atoms with Gasteiger partial charge in [0.05, 0.1) is 5.52 Å². The van der Waals surface area contributed by atoms with Crippen LogP contribution in [-0.2, 0) is 6.42 Å². The summed E-state index contributed by atoms with van der Waals surface area (Å²) < 4.78 is 0. The highest BCUT2D eigenvalue weighted by molar-refractivity contribution is 5.87. The second-order valence-electron chi connectivity index (χ2n) is 3.87. The number of aliphatic hydroxyl groups excluding tert-OH is 1. The molecule has 0 spiro atoms. The van der Waals surface area contributed by atoms with E-state index in [0.717, 1.165) is 5.52 Å². The van der Waals surface area contributed by atoms with Crippen molar-refractivity contribution in [2.75, 3.05) is 6.61 Å². The fraction of sp³-hybridized carbons (Fsp3) is 0.308. The summed E-state index contributed by atoms with van der Waals surface area (Å²) in [6, 6.07) is 6.19. The zero-order valence-electron chi connectivity index (χ0n) is 9.12.